The van der Waals surface area contributed by atoms with Crippen molar-refractivity contribution < 1.29 is 19.0 Å². The van der Waals surface area contributed by atoms with Crippen LogP contribution in [-0.2, 0) is 15.9 Å². The molecule has 1 aromatic carbocycles. The molecule has 0 atom stereocenters. The third-order valence-corrected chi connectivity index (χ3v) is 8.92. The fourth-order valence-electron chi connectivity index (χ4n) is 6.65. The van der Waals surface area contributed by atoms with Crippen molar-refractivity contribution in [3.8, 4) is 5.75 Å². The molecule has 218 valence electrons. The normalized spacial score (nSPS) is 22.1. The molecule has 40 heavy (non-hydrogen) atoms. The summed E-state index contributed by atoms with van der Waals surface area (Å²) in [4.78, 5) is 33.7. The smallest absolute Gasteiger partial charge is 0.251 e. The SMILES string of the molecule is CCN(c1c(C)c(C(N)=O)cc(OC2CC(N3CCOCC3)C2)c1Cc1c(C)cc(C)[nH]c1=O)C1CCOCC1. The van der Waals surface area contributed by atoms with Crippen LogP contribution in [0.25, 0.3) is 0 Å². The zero-order valence-electron chi connectivity index (χ0n) is 24.4. The van der Waals surface area contributed by atoms with Gasteiger partial charge in [0.25, 0.3) is 5.56 Å². The first-order chi connectivity index (χ1) is 19.3. The highest BCUT2D eigenvalue weighted by Gasteiger charge is 2.37. The monoisotopic (exact) mass is 552 g/mol. The Kier molecular flexibility index (Phi) is 8.83. The molecule has 0 unspecified atom stereocenters. The molecule has 5 rings (SSSR count). The van der Waals surface area contributed by atoms with Gasteiger partial charge in [-0.1, -0.05) is 0 Å². The molecule has 2 aliphatic heterocycles. The number of pyridine rings is 1. The summed E-state index contributed by atoms with van der Waals surface area (Å²) in [7, 11) is 0. The van der Waals surface area contributed by atoms with E-state index in [9.17, 15) is 9.59 Å². The van der Waals surface area contributed by atoms with Crippen molar-refractivity contribution in [3.63, 3.8) is 0 Å². The van der Waals surface area contributed by atoms with E-state index in [0.29, 0.717) is 42.6 Å². The maximum absolute atomic E-state index is 13.2. The quantitative estimate of drug-likeness (QED) is 0.492. The number of morpholine rings is 1. The Balaban J connectivity index is 1.57. The van der Waals surface area contributed by atoms with E-state index in [4.69, 9.17) is 19.9 Å². The van der Waals surface area contributed by atoms with E-state index in [-0.39, 0.29) is 17.7 Å². The molecule has 0 spiro atoms. The maximum Gasteiger partial charge on any atom is 0.251 e. The minimum atomic E-state index is -0.470. The number of amides is 1. The number of benzene rings is 1. The molecule has 1 aliphatic carbocycles. The predicted molar refractivity (Wildman–Crippen MR) is 156 cm³/mol. The summed E-state index contributed by atoms with van der Waals surface area (Å²) in [5.41, 5.74) is 11.6. The van der Waals surface area contributed by atoms with Crippen molar-refractivity contribution in [2.75, 3.05) is 51.0 Å². The van der Waals surface area contributed by atoms with Gasteiger partial charge in [0.05, 0.1) is 13.2 Å². The Bertz CT molecular complexity index is 1270. The summed E-state index contributed by atoms with van der Waals surface area (Å²) in [6.07, 6.45) is 4.10. The number of rotatable bonds is 9. The second kappa shape index (κ2) is 12.3. The molecule has 1 amide bonds. The first-order valence-corrected chi connectivity index (χ1v) is 14.7. The number of carbonyl (C=O) groups excluding carboxylic acids is 1. The van der Waals surface area contributed by atoms with Crippen LogP contribution < -0.4 is 20.9 Å². The second-order valence-corrected chi connectivity index (χ2v) is 11.5. The lowest BCUT2D eigenvalue weighted by Crippen LogP contribution is -2.52. The number of hydrogen-bond donors (Lipinski definition) is 2. The number of H-pyrrole nitrogens is 1. The lowest BCUT2D eigenvalue weighted by atomic mass is 9.87. The van der Waals surface area contributed by atoms with Gasteiger partial charge in [-0.15, -0.1) is 0 Å². The molecule has 1 aromatic heterocycles. The molecule has 3 N–H and O–H groups in total. The zero-order valence-corrected chi connectivity index (χ0v) is 24.4. The number of nitrogens with one attached hydrogen (secondary N) is 1. The summed E-state index contributed by atoms with van der Waals surface area (Å²) in [6, 6.07) is 4.57. The van der Waals surface area contributed by atoms with E-state index in [1.165, 1.54) is 0 Å². The van der Waals surface area contributed by atoms with E-state index >= 15 is 0 Å². The van der Waals surface area contributed by atoms with Crippen molar-refractivity contribution >= 4 is 11.6 Å². The third-order valence-electron chi connectivity index (χ3n) is 8.92. The van der Waals surface area contributed by atoms with Gasteiger partial charge in [0.15, 0.2) is 0 Å². The molecular weight excluding hydrogens is 508 g/mol. The van der Waals surface area contributed by atoms with Crippen LogP contribution in [0.15, 0.2) is 16.9 Å². The van der Waals surface area contributed by atoms with Gasteiger partial charge in [-0.25, -0.2) is 0 Å². The number of hydrogen-bond acceptors (Lipinski definition) is 7. The van der Waals surface area contributed by atoms with Gasteiger partial charge in [-0.05, 0) is 63.8 Å². The van der Waals surface area contributed by atoms with Crippen molar-refractivity contribution in [1.29, 1.82) is 0 Å². The van der Waals surface area contributed by atoms with Crippen LogP contribution in [0.4, 0.5) is 5.69 Å². The highest BCUT2D eigenvalue weighted by Crippen LogP contribution is 2.41. The van der Waals surface area contributed by atoms with Crippen LogP contribution in [0, 0.1) is 20.8 Å². The highest BCUT2D eigenvalue weighted by atomic mass is 16.5. The zero-order chi connectivity index (χ0) is 28.4. The topological polar surface area (TPSA) is 110 Å². The standard InChI is InChI=1S/C31H44N4O5/c1-5-35(22-6-10-38-11-7-22)29-21(4)26(30(32)36)18-28(27(29)17-25-19(2)14-20(3)33-31(25)37)40-24-15-23(16-24)34-8-12-39-13-9-34/h14,18,22-24H,5-13,15-17H2,1-4H3,(H2,32,36)(H,33,37). The van der Waals surface area contributed by atoms with Crippen molar-refractivity contribution in [3.05, 3.63) is 56.0 Å². The number of aromatic nitrogens is 1. The number of nitrogens with two attached hydrogens (primary N) is 1. The van der Waals surface area contributed by atoms with E-state index in [1.807, 2.05) is 32.9 Å². The van der Waals surface area contributed by atoms with Gasteiger partial charge >= 0.3 is 0 Å². The summed E-state index contributed by atoms with van der Waals surface area (Å²) in [5, 5.41) is 0. The first-order valence-electron chi connectivity index (χ1n) is 14.7. The van der Waals surface area contributed by atoms with E-state index in [1.54, 1.807) is 0 Å². The molecule has 2 saturated heterocycles. The maximum atomic E-state index is 13.2. The summed E-state index contributed by atoms with van der Waals surface area (Å²) < 4.78 is 17.9. The molecule has 0 bridgehead atoms. The van der Waals surface area contributed by atoms with Gasteiger partial charge < -0.3 is 29.8 Å². The lowest BCUT2D eigenvalue weighted by Gasteiger charge is -2.44. The predicted octanol–water partition coefficient (Wildman–Crippen LogP) is 3.24. The van der Waals surface area contributed by atoms with Crippen LogP contribution in [0.3, 0.4) is 0 Å². The van der Waals surface area contributed by atoms with Crippen molar-refractivity contribution in [2.45, 2.75) is 78.0 Å². The molecule has 3 fully saturated rings. The second-order valence-electron chi connectivity index (χ2n) is 11.5. The number of anilines is 1. The average Bonchev–Trinajstić information content (AvgIpc) is 2.91. The first kappa shape index (κ1) is 28.6. The molecule has 1 saturated carbocycles. The van der Waals surface area contributed by atoms with Gasteiger partial charge in [-0.3, -0.25) is 14.5 Å². The van der Waals surface area contributed by atoms with Crippen LogP contribution in [0.5, 0.6) is 5.75 Å². The number of nitrogens with zero attached hydrogens (tertiary/aromatic N) is 2. The molecule has 3 aliphatic rings. The number of carbonyl (C=O) groups is 1. The molecule has 2 aromatic rings. The fourth-order valence-corrected chi connectivity index (χ4v) is 6.65. The molecule has 0 radical (unpaired) electrons. The molecule has 9 heteroatoms. The molecule has 3 heterocycles. The Morgan fingerprint density at radius 2 is 1.75 bits per heavy atom. The Morgan fingerprint density at radius 3 is 2.38 bits per heavy atom. The van der Waals surface area contributed by atoms with Crippen LogP contribution >= 0.6 is 0 Å². The van der Waals surface area contributed by atoms with Gasteiger partial charge in [0.1, 0.15) is 11.9 Å². The number of ether oxygens (including phenoxy) is 3. The lowest BCUT2D eigenvalue weighted by molar-refractivity contribution is -0.0375. The van der Waals surface area contributed by atoms with Crippen LogP contribution in [-0.4, -0.2) is 80.0 Å². The minimum absolute atomic E-state index is 0.0402. The fraction of sp³-hybridized carbons (Fsp3) is 0.613. The van der Waals surface area contributed by atoms with E-state index in [0.717, 1.165) is 86.6 Å². The van der Waals surface area contributed by atoms with Crippen molar-refractivity contribution in [2.24, 2.45) is 5.73 Å². The van der Waals surface area contributed by atoms with Gasteiger partial charge in [0, 0.05) is 92.3 Å². The van der Waals surface area contributed by atoms with Crippen molar-refractivity contribution in [1.82, 2.24) is 9.88 Å². The Hall–Kier alpha value is -2.88. The largest absolute Gasteiger partial charge is 0.490 e. The number of aromatic amines is 1. The van der Waals surface area contributed by atoms with Gasteiger partial charge in [0.2, 0.25) is 5.91 Å². The summed E-state index contributed by atoms with van der Waals surface area (Å²) in [6.45, 7) is 13.6. The van der Waals surface area contributed by atoms with E-state index < -0.39 is 5.91 Å². The average molecular weight is 553 g/mol. The van der Waals surface area contributed by atoms with E-state index in [2.05, 4.69) is 21.7 Å². The van der Waals surface area contributed by atoms with Gasteiger partial charge in [-0.2, -0.15) is 0 Å². The van der Waals surface area contributed by atoms with Crippen LogP contribution in [0.1, 0.15) is 70.9 Å². The Labute approximate surface area is 237 Å². The minimum Gasteiger partial charge on any atom is -0.490 e. The Morgan fingerprint density at radius 1 is 1.07 bits per heavy atom. The highest BCUT2D eigenvalue weighted by molar-refractivity contribution is 5.97. The number of aryl methyl sites for hydroxylation is 2. The third kappa shape index (κ3) is 5.92. The number of primary amides is 1. The molecule has 9 nitrogen and oxygen atoms in total. The van der Waals surface area contributed by atoms with Crippen LogP contribution in [0.2, 0.25) is 0 Å². The summed E-state index contributed by atoms with van der Waals surface area (Å²) >= 11 is 0. The summed E-state index contributed by atoms with van der Waals surface area (Å²) in [5.74, 6) is 0.187. The molecular formula is C31H44N4O5.